The van der Waals surface area contributed by atoms with E-state index in [2.05, 4.69) is 39.6 Å². The highest BCUT2D eigenvalue weighted by molar-refractivity contribution is 6.30. The number of halogens is 1. The first-order chi connectivity index (χ1) is 11.7. The van der Waals surface area contributed by atoms with Crippen molar-refractivity contribution in [2.75, 3.05) is 54.0 Å². The molecule has 1 aliphatic heterocycles. The maximum absolute atomic E-state index is 6.10. The Morgan fingerprint density at radius 2 is 1.75 bits per heavy atom. The van der Waals surface area contributed by atoms with E-state index in [-0.39, 0.29) is 0 Å². The van der Waals surface area contributed by atoms with Gasteiger partial charge in [-0.1, -0.05) is 17.7 Å². The molecule has 0 aliphatic carbocycles. The predicted octanol–water partition coefficient (Wildman–Crippen LogP) is 3.30. The fourth-order valence-electron chi connectivity index (χ4n) is 3.05. The molecule has 1 aliphatic rings. The Labute approximate surface area is 148 Å². The van der Waals surface area contributed by atoms with Crippen LogP contribution in [-0.4, -0.2) is 49.2 Å². The van der Waals surface area contributed by atoms with Gasteiger partial charge in [-0.15, -0.1) is 0 Å². The quantitative estimate of drug-likeness (QED) is 0.830. The molecule has 0 bridgehead atoms. The number of benzene rings is 1. The molecule has 128 valence electrons. The van der Waals surface area contributed by atoms with Gasteiger partial charge in [-0.05, 0) is 38.1 Å². The van der Waals surface area contributed by atoms with Crippen molar-refractivity contribution >= 4 is 29.1 Å². The van der Waals surface area contributed by atoms with Crippen LogP contribution in [0.3, 0.4) is 0 Å². The van der Waals surface area contributed by atoms with E-state index in [0.29, 0.717) is 0 Å². The maximum Gasteiger partial charge on any atom is 0.227 e. The minimum Gasteiger partial charge on any atom is -0.368 e. The van der Waals surface area contributed by atoms with Gasteiger partial charge < -0.3 is 14.7 Å². The molecule has 3 rings (SSSR count). The second-order valence-corrected chi connectivity index (χ2v) is 6.28. The number of piperazine rings is 1. The van der Waals surface area contributed by atoms with Crippen molar-refractivity contribution in [3.63, 3.8) is 0 Å². The standard InChI is InChI=1S/C18H24ClN5/c1-3-22(4-2)17-8-9-20-18(21-17)24-12-10-23(11-13-24)16-7-5-6-15(19)14-16/h5-9,14H,3-4,10-13H2,1-2H3. The predicted molar refractivity (Wildman–Crippen MR) is 101 cm³/mol. The molecule has 1 fully saturated rings. The van der Waals surface area contributed by atoms with Crippen molar-refractivity contribution in [3.8, 4) is 0 Å². The molecule has 0 radical (unpaired) electrons. The second-order valence-electron chi connectivity index (χ2n) is 5.84. The monoisotopic (exact) mass is 345 g/mol. The molecule has 2 aromatic rings. The summed E-state index contributed by atoms with van der Waals surface area (Å²) in [4.78, 5) is 16.1. The van der Waals surface area contributed by atoms with Gasteiger partial charge in [-0.3, -0.25) is 0 Å². The first-order valence-corrected chi connectivity index (χ1v) is 8.92. The molecule has 0 N–H and O–H groups in total. The first kappa shape index (κ1) is 16.8. The van der Waals surface area contributed by atoms with E-state index in [0.717, 1.165) is 56.1 Å². The second kappa shape index (κ2) is 7.71. The molecule has 0 atom stereocenters. The van der Waals surface area contributed by atoms with E-state index < -0.39 is 0 Å². The molecule has 1 aromatic heterocycles. The minimum atomic E-state index is 0.783. The van der Waals surface area contributed by atoms with Crippen LogP contribution in [0.15, 0.2) is 36.5 Å². The molecule has 1 saturated heterocycles. The van der Waals surface area contributed by atoms with Gasteiger partial charge in [0.05, 0.1) is 0 Å². The molecule has 1 aromatic carbocycles. The molecule has 0 spiro atoms. The number of aromatic nitrogens is 2. The zero-order valence-corrected chi connectivity index (χ0v) is 15.1. The average Bonchev–Trinajstić information content (AvgIpc) is 2.63. The third-order valence-corrected chi connectivity index (χ3v) is 4.69. The van der Waals surface area contributed by atoms with E-state index in [1.54, 1.807) is 0 Å². The van der Waals surface area contributed by atoms with Crippen molar-refractivity contribution in [3.05, 3.63) is 41.6 Å². The Bertz CT molecular complexity index is 666. The summed E-state index contributed by atoms with van der Waals surface area (Å²) >= 11 is 6.10. The molecule has 5 nitrogen and oxygen atoms in total. The summed E-state index contributed by atoms with van der Waals surface area (Å²) in [5.41, 5.74) is 1.18. The summed E-state index contributed by atoms with van der Waals surface area (Å²) < 4.78 is 0. The Hall–Kier alpha value is -2.01. The van der Waals surface area contributed by atoms with Gasteiger partial charge >= 0.3 is 0 Å². The van der Waals surface area contributed by atoms with Crippen LogP contribution >= 0.6 is 11.6 Å². The number of rotatable bonds is 5. The van der Waals surface area contributed by atoms with Crippen molar-refractivity contribution in [1.29, 1.82) is 0 Å². The third-order valence-electron chi connectivity index (χ3n) is 4.45. The number of nitrogens with zero attached hydrogens (tertiary/aromatic N) is 5. The Kier molecular flexibility index (Phi) is 5.41. The number of hydrogen-bond acceptors (Lipinski definition) is 5. The zero-order valence-electron chi connectivity index (χ0n) is 14.3. The highest BCUT2D eigenvalue weighted by Gasteiger charge is 2.20. The lowest BCUT2D eigenvalue weighted by molar-refractivity contribution is 0.639. The van der Waals surface area contributed by atoms with Crippen LogP contribution in [0.4, 0.5) is 17.5 Å². The summed E-state index contributed by atoms with van der Waals surface area (Å²) in [6, 6.07) is 10.0. The van der Waals surface area contributed by atoms with E-state index in [1.807, 2.05) is 30.5 Å². The van der Waals surface area contributed by atoms with Gasteiger partial charge in [0.15, 0.2) is 0 Å². The van der Waals surface area contributed by atoms with Crippen molar-refractivity contribution in [2.24, 2.45) is 0 Å². The van der Waals surface area contributed by atoms with Gasteiger partial charge in [0.2, 0.25) is 5.95 Å². The lowest BCUT2D eigenvalue weighted by Crippen LogP contribution is -2.47. The van der Waals surface area contributed by atoms with Gasteiger partial charge in [-0.2, -0.15) is 4.98 Å². The van der Waals surface area contributed by atoms with Gasteiger partial charge in [0.25, 0.3) is 0 Å². The van der Waals surface area contributed by atoms with E-state index >= 15 is 0 Å². The topological polar surface area (TPSA) is 35.5 Å². The zero-order chi connectivity index (χ0) is 16.9. The van der Waals surface area contributed by atoms with Crippen molar-refractivity contribution in [2.45, 2.75) is 13.8 Å². The minimum absolute atomic E-state index is 0.783. The lowest BCUT2D eigenvalue weighted by atomic mass is 10.2. The van der Waals surface area contributed by atoms with Crippen LogP contribution in [0.5, 0.6) is 0 Å². The third kappa shape index (κ3) is 3.73. The largest absolute Gasteiger partial charge is 0.368 e. The summed E-state index contributed by atoms with van der Waals surface area (Å²) in [7, 11) is 0. The average molecular weight is 346 g/mol. The van der Waals surface area contributed by atoms with Gasteiger partial charge in [0, 0.05) is 56.2 Å². The molecule has 0 unspecified atom stereocenters. The van der Waals surface area contributed by atoms with Gasteiger partial charge in [0.1, 0.15) is 5.82 Å². The smallest absolute Gasteiger partial charge is 0.227 e. The lowest BCUT2D eigenvalue weighted by Gasteiger charge is -2.36. The fraction of sp³-hybridized carbons (Fsp3) is 0.444. The highest BCUT2D eigenvalue weighted by Crippen LogP contribution is 2.22. The summed E-state index contributed by atoms with van der Waals surface area (Å²) in [6.45, 7) is 9.91. The summed E-state index contributed by atoms with van der Waals surface area (Å²) in [5.74, 6) is 1.83. The van der Waals surface area contributed by atoms with E-state index in [1.165, 1.54) is 5.69 Å². The maximum atomic E-state index is 6.10. The van der Waals surface area contributed by atoms with Crippen LogP contribution in [0.1, 0.15) is 13.8 Å². The molecule has 2 heterocycles. The molecule has 0 amide bonds. The van der Waals surface area contributed by atoms with Crippen molar-refractivity contribution in [1.82, 2.24) is 9.97 Å². The van der Waals surface area contributed by atoms with Crippen LogP contribution in [-0.2, 0) is 0 Å². The van der Waals surface area contributed by atoms with Crippen LogP contribution in [0, 0.1) is 0 Å². The van der Waals surface area contributed by atoms with Crippen molar-refractivity contribution < 1.29 is 0 Å². The highest BCUT2D eigenvalue weighted by atomic mass is 35.5. The summed E-state index contributed by atoms with van der Waals surface area (Å²) in [6.07, 6.45) is 1.86. The molecule has 0 saturated carbocycles. The first-order valence-electron chi connectivity index (χ1n) is 8.54. The van der Waals surface area contributed by atoms with Gasteiger partial charge in [-0.25, -0.2) is 4.98 Å². The number of anilines is 3. The Balaban J connectivity index is 1.67. The normalized spacial score (nSPS) is 14.8. The molecular formula is C18H24ClN5. The SMILES string of the molecule is CCN(CC)c1ccnc(N2CCN(c3cccc(Cl)c3)CC2)n1. The molecule has 24 heavy (non-hydrogen) atoms. The van der Waals surface area contributed by atoms with Crippen LogP contribution in [0.2, 0.25) is 5.02 Å². The van der Waals surface area contributed by atoms with Crippen LogP contribution in [0.25, 0.3) is 0 Å². The van der Waals surface area contributed by atoms with E-state index in [9.17, 15) is 0 Å². The van der Waals surface area contributed by atoms with Crippen LogP contribution < -0.4 is 14.7 Å². The Morgan fingerprint density at radius 1 is 1.04 bits per heavy atom. The summed E-state index contributed by atoms with van der Waals surface area (Å²) in [5, 5.41) is 0.783. The molecular weight excluding hydrogens is 322 g/mol. The molecule has 6 heteroatoms. The Morgan fingerprint density at radius 3 is 2.42 bits per heavy atom. The fourth-order valence-corrected chi connectivity index (χ4v) is 3.24. The van der Waals surface area contributed by atoms with E-state index in [4.69, 9.17) is 16.6 Å². The number of hydrogen-bond donors (Lipinski definition) is 0.